The van der Waals surface area contributed by atoms with E-state index in [2.05, 4.69) is 4.98 Å². The van der Waals surface area contributed by atoms with Crippen molar-refractivity contribution in [1.29, 1.82) is 0 Å². The summed E-state index contributed by atoms with van der Waals surface area (Å²) in [6, 6.07) is 5.73. The maximum absolute atomic E-state index is 6.10. The maximum Gasteiger partial charge on any atom is 0.201 e. The van der Waals surface area contributed by atoms with Crippen molar-refractivity contribution >= 4 is 28.6 Å². The number of fused-ring (bicyclic) bond motifs is 1. The van der Waals surface area contributed by atoms with E-state index in [1.807, 2.05) is 22.8 Å². The molecule has 0 amide bonds. The van der Waals surface area contributed by atoms with Gasteiger partial charge in [0.2, 0.25) is 5.95 Å². The molecule has 1 aromatic heterocycles. The van der Waals surface area contributed by atoms with E-state index in [-0.39, 0.29) is 6.10 Å². The van der Waals surface area contributed by atoms with Crippen LogP contribution in [0.4, 0.5) is 5.95 Å². The Morgan fingerprint density at radius 2 is 2.41 bits per heavy atom. The fraction of sp³-hybridized carbons (Fsp3) is 0.417. The van der Waals surface area contributed by atoms with Gasteiger partial charge in [-0.3, -0.25) is 0 Å². The highest BCUT2D eigenvalue weighted by atomic mass is 35.5. The molecule has 2 heterocycles. The van der Waals surface area contributed by atoms with Gasteiger partial charge in [-0.2, -0.15) is 0 Å². The minimum absolute atomic E-state index is 0.244. The van der Waals surface area contributed by atoms with Crippen LogP contribution < -0.4 is 5.73 Å². The molecule has 0 aliphatic carbocycles. The molecule has 3 rings (SSSR count). The molecule has 1 atom stereocenters. The third-order valence-electron chi connectivity index (χ3n) is 3.17. The summed E-state index contributed by atoms with van der Waals surface area (Å²) in [6.07, 6.45) is 2.45. The van der Waals surface area contributed by atoms with E-state index in [0.29, 0.717) is 11.0 Å². The number of aromatic nitrogens is 2. The van der Waals surface area contributed by atoms with Crippen molar-refractivity contribution in [3.05, 3.63) is 23.2 Å². The van der Waals surface area contributed by atoms with Crippen LogP contribution in [0.1, 0.15) is 12.8 Å². The van der Waals surface area contributed by atoms with Gasteiger partial charge in [-0.25, -0.2) is 4.98 Å². The molecule has 1 aromatic carbocycles. The van der Waals surface area contributed by atoms with Gasteiger partial charge in [-0.15, -0.1) is 0 Å². The SMILES string of the molecule is Nc1nc2c(Cl)cccc2n1CC1CCCO1. The molecule has 1 aliphatic heterocycles. The topological polar surface area (TPSA) is 53.1 Å². The number of anilines is 1. The zero-order valence-corrected chi connectivity index (χ0v) is 10.2. The molecule has 5 heteroatoms. The Labute approximate surface area is 104 Å². The quantitative estimate of drug-likeness (QED) is 0.892. The summed E-state index contributed by atoms with van der Waals surface area (Å²) in [7, 11) is 0. The van der Waals surface area contributed by atoms with Gasteiger partial charge in [0.25, 0.3) is 0 Å². The third-order valence-corrected chi connectivity index (χ3v) is 3.47. The molecular weight excluding hydrogens is 238 g/mol. The van der Waals surface area contributed by atoms with Gasteiger partial charge in [0.15, 0.2) is 0 Å². The third kappa shape index (κ3) is 1.87. The molecule has 0 spiro atoms. The van der Waals surface area contributed by atoms with E-state index >= 15 is 0 Å². The maximum atomic E-state index is 6.10. The van der Waals surface area contributed by atoms with E-state index in [4.69, 9.17) is 22.1 Å². The number of nitrogens with zero attached hydrogens (tertiary/aromatic N) is 2. The van der Waals surface area contributed by atoms with Gasteiger partial charge in [0.05, 0.1) is 23.2 Å². The van der Waals surface area contributed by atoms with Crippen LogP contribution in [0.25, 0.3) is 11.0 Å². The van der Waals surface area contributed by atoms with Crippen LogP contribution in [0.15, 0.2) is 18.2 Å². The van der Waals surface area contributed by atoms with Gasteiger partial charge < -0.3 is 15.0 Å². The summed E-state index contributed by atoms with van der Waals surface area (Å²) >= 11 is 6.10. The zero-order valence-electron chi connectivity index (χ0n) is 9.40. The highest BCUT2D eigenvalue weighted by Crippen LogP contribution is 2.26. The summed E-state index contributed by atoms with van der Waals surface area (Å²) in [5.74, 6) is 0.503. The number of para-hydroxylation sites is 1. The van der Waals surface area contributed by atoms with Crippen molar-refractivity contribution < 1.29 is 4.74 Å². The summed E-state index contributed by atoms with van der Waals surface area (Å²) in [5, 5.41) is 0.639. The van der Waals surface area contributed by atoms with Crippen LogP contribution in [-0.2, 0) is 11.3 Å². The lowest BCUT2D eigenvalue weighted by Crippen LogP contribution is -2.16. The van der Waals surface area contributed by atoms with Crippen molar-refractivity contribution in [1.82, 2.24) is 9.55 Å². The van der Waals surface area contributed by atoms with Crippen molar-refractivity contribution in [2.45, 2.75) is 25.5 Å². The lowest BCUT2D eigenvalue weighted by atomic mass is 10.2. The Morgan fingerprint density at radius 1 is 1.53 bits per heavy atom. The van der Waals surface area contributed by atoms with Gasteiger partial charge >= 0.3 is 0 Å². The van der Waals surface area contributed by atoms with Gasteiger partial charge in [0, 0.05) is 6.61 Å². The van der Waals surface area contributed by atoms with Crippen LogP contribution >= 0.6 is 11.6 Å². The highest BCUT2D eigenvalue weighted by Gasteiger charge is 2.19. The summed E-state index contributed by atoms with van der Waals surface area (Å²) in [6.45, 7) is 1.60. The Morgan fingerprint density at radius 3 is 3.18 bits per heavy atom. The van der Waals surface area contributed by atoms with Crippen molar-refractivity contribution in [2.24, 2.45) is 0 Å². The predicted molar refractivity (Wildman–Crippen MR) is 68.1 cm³/mol. The smallest absolute Gasteiger partial charge is 0.201 e. The first-order chi connectivity index (χ1) is 8.25. The molecule has 4 nitrogen and oxygen atoms in total. The fourth-order valence-corrected chi connectivity index (χ4v) is 2.53. The highest BCUT2D eigenvalue weighted by molar-refractivity contribution is 6.35. The molecule has 1 fully saturated rings. The van der Waals surface area contributed by atoms with Crippen molar-refractivity contribution in [3.8, 4) is 0 Å². The summed E-state index contributed by atoms with van der Waals surface area (Å²) in [5.41, 5.74) is 7.68. The Balaban J connectivity index is 2.02. The first-order valence-electron chi connectivity index (χ1n) is 5.77. The number of nitrogen functional groups attached to an aromatic ring is 1. The normalized spacial score (nSPS) is 20.2. The Bertz CT molecular complexity index is 546. The minimum Gasteiger partial charge on any atom is -0.376 e. The second-order valence-corrected chi connectivity index (χ2v) is 4.73. The van der Waals surface area contributed by atoms with E-state index in [1.54, 1.807) is 0 Å². The number of halogens is 1. The predicted octanol–water partition coefficient (Wildman–Crippen LogP) is 2.45. The minimum atomic E-state index is 0.244. The van der Waals surface area contributed by atoms with Gasteiger partial charge in [-0.05, 0) is 25.0 Å². The number of ether oxygens (including phenoxy) is 1. The Kier molecular flexibility index (Phi) is 2.68. The van der Waals surface area contributed by atoms with Crippen LogP contribution in [0.5, 0.6) is 0 Å². The molecule has 17 heavy (non-hydrogen) atoms. The molecule has 0 saturated carbocycles. The molecule has 2 aromatic rings. The molecular formula is C12H14ClN3O. The summed E-state index contributed by atoms with van der Waals surface area (Å²) in [4.78, 5) is 4.31. The molecule has 0 bridgehead atoms. The molecule has 90 valence electrons. The largest absolute Gasteiger partial charge is 0.376 e. The first-order valence-corrected chi connectivity index (χ1v) is 6.15. The molecule has 1 aliphatic rings. The van der Waals surface area contributed by atoms with Crippen LogP contribution in [0, 0.1) is 0 Å². The van der Waals surface area contributed by atoms with Crippen LogP contribution in [0.2, 0.25) is 5.02 Å². The lowest BCUT2D eigenvalue weighted by molar-refractivity contribution is 0.0984. The monoisotopic (exact) mass is 251 g/mol. The molecule has 1 unspecified atom stereocenters. The van der Waals surface area contributed by atoms with E-state index in [1.165, 1.54) is 0 Å². The number of nitrogens with two attached hydrogens (primary N) is 1. The second kappa shape index (κ2) is 4.20. The number of benzene rings is 1. The zero-order chi connectivity index (χ0) is 11.8. The van der Waals surface area contributed by atoms with Crippen molar-refractivity contribution in [2.75, 3.05) is 12.3 Å². The van der Waals surface area contributed by atoms with Crippen LogP contribution in [-0.4, -0.2) is 22.3 Å². The van der Waals surface area contributed by atoms with E-state index in [9.17, 15) is 0 Å². The summed E-state index contributed by atoms with van der Waals surface area (Å²) < 4.78 is 7.61. The van der Waals surface area contributed by atoms with Crippen molar-refractivity contribution in [3.63, 3.8) is 0 Å². The molecule has 0 radical (unpaired) electrons. The van der Waals surface area contributed by atoms with Gasteiger partial charge in [-0.1, -0.05) is 17.7 Å². The number of rotatable bonds is 2. The fourth-order valence-electron chi connectivity index (χ4n) is 2.31. The molecule has 2 N–H and O–H groups in total. The van der Waals surface area contributed by atoms with Crippen LogP contribution in [0.3, 0.4) is 0 Å². The van der Waals surface area contributed by atoms with E-state index in [0.717, 1.165) is 37.0 Å². The lowest BCUT2D eigenvalue weighted by Gasteiger charge is -2.12. The number of imidazole rings is 1. The first kappa shape index (κ1) is 10.9. The average molecular weight is 252 g/mol. The van der Waals surface area contributed by atoms with Gasteiger partial charge in [0.1, 0.15) is 5.52 Å². The second-order valence-electron chi connectivity index (χ2n) is 4.32. The Hall–Kier alpha value is -1.26. The average Bonchev–Trinajstić information content (AvgIpc) is 2.91. The standard InChI is InChI=1S/C12H14ClN3O/c13-9-4-1-5-10-11(9)15-12(14)16(10)7-8-3-2-6-17-8/h1,4-5,8H,2-3,6-7H2,(H2,14,15). The number of hydrogen-bond acceptors (Lipinski definition) is 3. The number of hydrogen-bond donors (Lipinski definition) is 1. The van der Waals surface area contributed by atoms with E-state index < -0.39 is 0 Å². The molecule has 1 saturated heterocycles.